The van der Waals surface area contributed by atoms with Gasteiger partial charge in [-0.05, 0) is 24.3 Å². The van der Waals surface area contributed by atoms with Crippen molar-refractivity contribution in [3.05, 3.63) is 42.2 Å². The number of rotatable bonds is 2. The predicted molar refractivity (Wildman–Crippen MR) is 89.7 cm³/mol. The molecule has 10 nitrogen and oxygen atoms in total. The zero-order chi connectivity index (χ0) is 20.3. The molecule has 0 aliphatic rings. The second-order valence-electron chi connectivity index (χ2n) is 4.09. The average molecular weight is 415 g/mol. The number of nitrogens with one attached hydrogen (secondary N) is 1. The molecule has 0 spiro atoms. The van der Waals surface area contributed by atoms with Crippen LogP contribution in [0.1, 0.15) is 5.56 Å². The number of anilines is 3. The maximum Gasteiger partial charge on any atom is 0.503 e. The zero-order valence-corrected chi connectivity index (χ0v) is 13.9. The van der Waals surface area contributed by atoms with Gasteiger partial charge in [-0.2, -0.15) is 13.2 Å². The van der Waals surface area contributed by atoms with Gasteiger partial charge in [-0.3, -0.25) is 0 Å². The molecule has 0 bridgehead atoms. The maximum absolute atomic E-state index is 12.3. The molecule has 0 fully saturated rings. The molecule has 0 unspecified atom stereocenters. The molecule has 27 heavy (non-hydrogen) atoms. The van der Waals surface area contributed by atoms with Gasteiger partial charge < -0.3 is 31.5 Å². The molecule has 1 aromatic heterocycles. The summed E-state index contributed by atoms with van der Waals surface area (Å²) < 4.78 is 37.0. The van der Waals surface area contributed by atoms with Crippen molar-refractivity contribution in [3.8, 4) is 0 Å². The van der Waals surface area contributed by atoms with Gasteiger partial charge in [-0.15, -0.1) is 12.4 Å². The second-order valence-corrected chi connectivity index (χ2v) is 4.09. The number of aromatic nitrogens is 2. The third kappa shape index (κ3) is 13.5. The van der Waals surface area contributed by atoms with Crippen molar-refractivity contribution in [3.63, 3.8) is 0 Å². The van der Waals surface area contributed by atoms with Crippen LogP contribution >= 0.6 is 12.4 Å². The third-order valence-corrected chi connectivity index (χ3v) is 2.17. The number of halogens is 4. The molecule has 150 valence electrons. The Kier molecular flexibility index (Phi) is 11.4. The SMILES string of the molecule is Cl.Nc1cc(Nc2ccc(C(F)(F)F)cc2)ncn1.O=C(O)O.O=C(O)O. The molecule has 0 aliphatic carbocycles. The van der Waals surface area contributed by atoms with E-state index in [9.17, 15) is 13.2 Å². The van der Waals surface area contributed by atoms with E-state index in [2.05, 4.69) is 15.3 Å². The summed E-state index contributed by atoms with van der Waals surface area (Å²) in [6.45, 7) is 0. The van der Waals surface area contributed by atoms with Gasteiger partial charge in [0.1, 0.15) is 18.0 Å². The number of nitrogen functional groups attached to an aromatic ring is 1. The first-order chi connectivity index (χ1) is 11.9. The molecule has 0 saturated carbocycles. The zero-order valence-electron chi connectivity index (χ0n) is 13.1. The standard InChI is InChI=1S/C11H9F3N4.2CH2O3.ClH/c12-11(13,14)7-1-3-8(4-2-7)18-10-5-9(15)16-6-17-10;2*2-1(3)4;/h1-6H,(H3,15,16,17,18);2*(H2,2,3,4);1H. The highest BCUT2D eigenvalue weighted by molar-refractivity contribution is 5.85. The van der Waals surface area contributed by atoms with Crippen LogP contribution in [0.4, 0.5) is 40.1 Å². The van der Waals surface area contributed by atoms with Gasteiger partial charge in [0.05, 0.1) is 5.56 Å². The van der Waals surface area contributed by atoms with Crippen molar-refractivity contribution >= 4 is 42.0 Å². The number of carbonyl (C=O) groups is 2. The van der Waals surface area contributed by atoms with Gasteiger partial charge in [0.25, 0.3) is 0 Å². The Morgan fingerprint density at radius 1 is 0.963 bits per heavy atom. The van der Waals surface area contributed by atoms with Crippen molar-refractivity contribution in [2.75, 3.05) is 11.1 Å². The minimum atomic E-state index is -4.34. The monoisotopic (exact) mass is 414 g/mol. The summed E-state index contributed by atoms with van der Waals surface area (Å²) in [5, 5.41) is 30.7. The largest absolute Gasteiger partial charge is 0.503 e. The fourth-order valence-electron chi connectivity index (χ4n) is 1.33. The summed E-state index contributed by atoms with van der Waals surface area (Å²) in [5.41, 5.74) is 5.24. The van der Waals surface area contributed by atoms with Gasteiger partial charge in [-0.1, -0.05) is 0 Å². The Hall–Kier alpha value is -3.48. The molecule has 2 aromatic rings. The van der Waals surface area contributed by atoms with Crippen LogP contribution < -0.4 is 11.1 Å². The summed E-state index contributed by atoms with van der Waals surface area (Å²) in [6, 6.07) is 6.11. The molecule has 7 N–H and O–H groups in total. The van der Waals surface area contributed by atoms with Gasteiger partial charge in [0.2, 0.25) is 0 Å². The van der Waals surface area contributed by atoms with E-state index in [0.717, 1.165) is 12.1 Å². The molecule has 2 rings (SSSR count). The van der Waals surface area contributed by atoms with Crippen LogP contribution in [0.5, 0.6) is 0 Å². The average Bonchev–Trinajstić information content (AvgIpc) is 2.45. The molecule has 1 heterocycles. The highest BCUT2D eigenvalue weighted by Crippen LogP contribution is 2.30. The molecule has 0 aliphatic heterocycles. The fourth-order valence-corrected chi connectivity index (χ4v) is 1.33. The Balaban J connectivity index is 0. The topological polar surface area (TPSA) is 179 Å². The van der Waals surface area contributed by atoms with Crippen LogP contribution in [0.2, 0.25) is 0 Å². The molecule has 0 atom stereocenters. The van der Waals surface area contributed by atoms with Crippen LogP contribution in [0.3, 0.4) is 0 Å². The molecule has 0 radical (unpaired) electrons. The molecule has 0 saturated heterocycles. The molecule has 0 amide bonds. The van der Waals surface area contributed by atoms with E-state index in [1.165, 1.54) is 24.5 Å². The number of alkyl halides is 3. The molecular weight excluding hydrogens is 401 g/mol. The van der Waals surface area contributed by atoms with E-state index < -0.39 is 24.1 Å². The second kappa shape index (κ2) is 12.0. The molecule has 1 aromatic carbocycles. The first-order valence-electron chi connectivity index (χ1n) is 6.27. The van der Waals surface area contributed by atoms with Crippen LogP contribution in [0.15, 0.2) is 36.7 Å². The summed E-state index contributed by atoms with van der Waals surface area (Å²) in [5.74, 6) is 0.696. The van der Waals surface area contributed by atoms with Crippen LogP contribution in [-0.2, 0) is 6.18 Å². The number of benzene rings is 1. The predicted octanol–water partition coefficient (Wildman–Crippen LogP) is 3.69. The minimum absolute atomic E-state index is 0. The highest BCUT2D eigenvalue weighted by atomic mass is 35.5. The number of carboxylic acid groups (broad SMARTS) is 4. The number of hydrogen-bond donors (Lipinski definition) is 6. The van der Waals surface area contributed by atoms with E-state index in [0.29, 0.717) is 11.5 Å². The van der Waals surface area contributed by atoms with Crippen LogP contribution in [-0.4, -0.2) is 42.7 Å². The first-order valence-corrected chi connectivity index (χ1v) is 6.27. The van der Waals surface area contributed by atoms with Gasteiger partial charge in [-0.25, -0.2) is 19.6 Å². The van der Waals surface area contributed by atoms with Gasteiger partial charge in [0.15, 0.2) is 0 Å². The van der Waals surface area contributed by atoms with E-state index in [4.69, 9.17) is 35.7 Å². The highest BCUT2D eigenvalue weighted by Gasteiger charge is 2.29. The Morgan fingerprint density at radius 3 is 1.78 bits per heavy atom. The van der Waals surface area contributed by atoms with Crippen molar-refractivity contribution in [2.24, 2.45) is 0 Å². The lowest BCUT2D eigenvalue weighted by Crippen LogP contribution is -2.04. The Bertz CT molecular complexity index is 711. The van der Waals surface area contributed by atoms with Crippen LogP contribution in [0.25, 0.3) is 0 Å². The molecule has 14 heteroatoms. The fraction of sp³-hybridized carbons (Fsp3) is 0.0769. The maximum atomic E-state index is 12.3. The summed E-state index contributed by atoms with van der Waals surface area (Å²) in [7, 11) is 0. The van der Waals surface area contributed by atoms with E-state index in [1.54, 1.807) is 0 Å². The third-order valence-electron chi connectivity index (χ3n) is 2.17. The Labute approximate surface area is 155 Å². The minimum Gasteiger partial charge on any atom is -0.450 e. The number of nitrogens with two attached hydrogens (primary N) is 1. The quantitative estimate of drug-likeness (QED) is 0.424. The number of nitrogens with zero attached hydrogens (tertiary/aromatic N) is 2. The van der Waals surface area contributed by atoms with E-state index in [-0.39, 0.29) is 18.2 Å². The normalized spacial score (nSPS) is 9.30. The van der Waals surface area contributed by atoms with E-state index in [1.807, 2.05) is 0 Å². The van der Waals surface area contributed by atoms with Crippen molar-refractivity contribution in [2.45, 2.75) is 6.18 Å². The smallest absolute Gasteiger partial charge is 0.450 e. The van der Waals surface area contributed by atoms with E-state index >= 15 is 0 Å². The van der Waals surface area contributed by atoms with Crippen LogP contribution in [0, 0.1) is 0 Å². The summed E-state index contributed by atoms with van der Waals surface area (Å²) in [6.07, 6.45) is -6.74. The lowest BCUT2D eigenvalue weighted by atomic mass is 10.2. The summed E-state index contributed by atoms with van der Waals surface area (Å²) >= 11 is 0. The Morgan fingerprint density at radius 2 is 1.41 bits per heavy atom. The summed E-state index contributed by atoms with van der Waals surface area (Å²) in [4.78, 5) is 24.7. The van der Waals surface area contributed by atoms with Crippen molar-refractivity contribution in [1.29, 1.82) is 0 Å². The van der Waals surface area contributed by atoms with Crippen molar-refractivity contribution in [1.82, 2.24) is 9.97 Å². The first kappa shape index (κ1) is 25.8. The lowest BCUT2D eigenvalue weighted by Gasteiger charge is -2.09. The number of hydrogen-bond acceptors (Lipinski definition) is 6. The van der Waals surface area contributed by atoms with Gasteiger partial charge >= 0.3 is 18.5 Å². The van der Waals surface area contributed by atoms with Gasteiger partial charge in [0, 0.05) is 11.8 Å². The lowest BCUT2D eigenvalue weighted by molar-refractivity contribution is -0.137. The molecular formula is C13H14ClF3N4O6. The van der Waals surface area contributed by atoms with Crippen molar-refractivity contribution < 1.29 is 43.2 Å².